The van der Waals surface area contributed by atoms with E-state index in [0.717, 1.165) is 12.8 Å². The second kappa shape index (κ2) is 6.74. The van der Waals surface area contributed by atoms with Crippen molar-refractivity contribution < 1.29 is 2.74 Å². The Labute approximate surface area is 55.4 Å². The number of hydrogen-bond acceptors (Lipinski definition) is 0. The average molecular weight is 114 g/mol. The molecule has 0 spiro atoms. The number of hydrogen-bond donors (Lipinski definition) is 0. The Kier molecular flexibility index (Phi) is 3.88. The van der Waals surface area contributed by atoms with E-state index < -0.39 is 6.37 Å². The van der Waals surface area contributed by atoms with Crippen molar-refractivity contribution in [2.75, 3.05) is 0 Å². The Balaban J connectivity index is 3.36. The van der Waals surface area contributed by atoms with Crippen molar-refractivity contribution in [3.63, 3.8) is 0 Å². The van der Waals surface area contributed by atoms with Crippen LogP contribution >= 0.6 is 0 Å². The highest BCUT2D eigenvalue weighted by Gasteiger charge is 1.81. The van der Waals surface area contributed by atoms with Gasteiger partial charge >= 0.3 is 0 Å². The molecule has 0 aromatic heterocycles. The van der Waals surface area contributed by atoms with Crippen molar-refractivity contribution >= 4 is 0 Å². The average Bonchev–Trinajstić information content (AvgIpc) is 1.89. The third kappa shape index (κ3) is 5.74. The summed E-state index contributed by atoms with van der Waals surface area (Å²) in [7, 11) is 0. The summed E-state index contributed by atoms with van der Waals surface area (Å²) in [6.45, 7) is 5.47. The highest BCUT2D eigenvalue weighted by atomic mass is 13.9. The van der Waals surface area contributed by atoms with Gasteiger partial charge in [0, 0.05) is 2.74 Å². The van der Waals surface area contributed by atoms with Gasteiger partial charge in [-0.1, -0.05) is 32.2 Å². The Morgan fingerprint density at radius 3 is 2.88 bits per heavy atom. The summed E-state index contributed by atoms with van der Waals surface area (Å²) in [5.74, 6) is 0. The highest BCUT2D eigenvalue weighted by Crippen LogP contribution is 2.01. The van der Waals surface area contributed by atoms with E-state index in [0.29, 0.717) is 12.8 Å². The van der Waals surface area contributed by atoms with Crippen LogP contribution in [0.2, 0.25) is 0 Å². The zero-order valence-corrected chi connectivity index (χ0v) is 5.61. The van der Waals surface area contributed by atoms with Gasteiger partial charge in [-0.05, 0) is 12.8 Å². The van der Waals surface area contributed by atoms with Gasteiger partial charge in [-0.3, -0.25) is 0 Å². The molecule has 0 aromatic rings. The van der Waals surface area contributed by atoms with Crippen LogP contribution in [0.3, 0.4) is 0 Å². The van der Waals surface area contributed by atoms with Gasteiger partial charge < -0.3 is 0 Å². The molecule has 0 nitrogen and oxygen atoms in total. The first-order valence-corrected chi connectivity index (χ1v) is 3.23. The lowest BCUT2D eigenvalue weighted by molar-refractivity contribution is 0.675. The molecular formula is C8H16. The lowest BCUT2D eigenvalue weighted by atomic mass is 10.2. The topological polar surface area (TPSA) is 0 Å². The maximum absolute atomic E-state index is 7.39. The highest BCUT2D eigenvalue weighted by molar-refractivity contribution is 4.64. The van der Waals surface area contributed by atoms with E-state index in [1.165, 1.54) is 0 Å². The number of rotatable bonds is 5. The van der Waals surface area contributed by atoms with Crippen molar-refractivity contribution in [2.45, 2.75) is 39.0 Å². The molecule has 0 aliphatic heterocycles. The van der Waals surface area contributed by atoms with E-state index in [4.69, 9.17) is 2.74 Å². The Bertz CT molecular complexity index is 97.4. The monoisotopic (exact) mass is 114 g/mol. The first-order chi connectivity index (χ1) is 4.62. The van der Waals surface area contributed by atoms with Crippen molar-refractivity contribution in [1.82, 2.24) is 0 Å². The van der Waals surface area contributed by atoms with Crippen LogP contribution in [0.25, 0.3) is 0 Å². The fraction of sp³-hybridized carbons (Fsp3) is 0.750. The molecule has 0 radical (unpaired) electrons. The molecule has 0 atom stereocenters. The zero-order valence-electron chi connectivity index (χ0n) is 7.61. The van der Waals surface area contributed by atoms with Crippen LogP contribution in [-0.2, 0) is 0 Å². The predicted molar refractivity (Wildman–Crippen MR) is 39.0 cm³/mol. The molecule has 0 aromatic carbocycles. The molecule has 48 valence electrons. The summed E-state index contributed by atoms with van der Waals surface area (Å²) in [6, 6.07) is 0. The smallest absolute Gasteiger partial charge is 0.0266 e. The van der Waals surface area contributed by atoms with E-state index in [-0.39, 0.29) is 0 Å². The Morgan fingerprint density at radius 1 is 1.62 bits per heavy atom. The molecule has 0 amide bonds. The zero-order chi connectivity index (χ0) is 8.04. The second-order valence-corrected chi connectivity index (χ2v) is 1.78. The minimum absolute atomic E-state index is 0.615. The quantitative estimate of drug-likeness (QED) is 0.380. The van der Waals surface area contributed by atoms with Crippen LogP contribution in [0.4, 0.5) is 0 Å². The summed E-state index contributed by atoms with van der Waals surface area (Å²) in [5, 5.41) is 0. The minimum Gasteiger partial charge on any atom is -0.103 e. The molecule has 0 saturated heterocycles. The van der Waals surface area contributed by atoms with Crippen LogP contribution in [0.1, 0.15) is 41.7 Å². The van der Waals surface area contributed by atoms with Crippen LogP contribution in [-0.4, -0.2) is 0 Å². The first-order valence-electron chi connectivity index (χ1n) is 4.23. The largest absolute Gasteiger partial charge is 0.103 e. The molecule has 0 aliphatic rings. The molecule has 0 aliphatic carbocycles. The van der Waals surface area contributed by atoms with Crippen LogP contribution in [0.15, 0.2) is 12.7 Å². The van der Waals surface area contributed by atoms with E-state index in [1.807, 2.05) is 13.0 Å². The van der Waals surface area contributed by atoms with Gasteiger partial charge in [-0.2, -0.15) is 0 Å². The lowest BCUT2D eigenvalue weighted by Gasteiger charge is -1.91. The van der Waals surface area contributed by atoms with E-state index in [2.05, 4.69) is 6.58 Å². The molecule has 0 heterocycles. The summed E-state index contributed by atoms with van der Waals surface area (Å²) in [4.78, 5) is 0. The van der Waals surface area contributed by atoms with Gasteiger partial charge in [0.1, 0.15) is 0 Å². The van der Waals surface area contributed by atoms with Gasteiger partial charge in [0.2, 0.25) is 0 Å². The third-order valence-electron chi connectivity index (χ3n) is 1.01. The third-order valence-corrected chi connectivity index (χ3v) is 1.01. The summed E-state index contributed by atoms with van der Waals surface area (Å²) in [6.07, 6.45) is 4.01. The molecule has 0 N–H and O–H groups in total. The van der Waals surface area contributed by atoms with E-state index in [1.54, 1.807) is 0 Å². The maximum atomic E-state index is 7.39. The summed E-state index contributed by atoms with van der Waals surface area (Å²) in [5.41, 5.74) is 0. The SMILES string of the molecule is [2H]C([2H])(CC)CCCC=C. The van der Waals surface area contributed by atoms with Crippen molar-refractivity contribution in [3.05, 3.63) is 12.7 Å². The van der Waals surface area contributed by atoms with Crippen molar-refractivity contribution in [3.8, 4) is 0 Å². The standard InChI is InChI=1S/C8H16/c1-3-5-7-8-6-4-2/h3H,1,4-8H2,2H3/i6D2. The second-order valence-electron chi connectivity index (χ2n) is 1.78. The fourth-order valence-electron chi connectivity index (χ4n) is 0.548. The van der Waals surface area contributed by atoms with E-state index in [9.17, 15) is 0 Å². The van der Waals surface area contributed by atoms with Crippen molar-refractivity contribution in [2.24, 2.45) is 0 Å². The molecule has 0 saturated carbocycles. The first kappa shape index (κ1) is 4.60. The van der Waals surface area contributed by atoms with Crippen LogP contribution in [0, 0.1) is 0 Å². The van der Waals surface area contributed by atoms with Gasteiger partial charge in [0.15, 0.2) is 0 Å². The van der Waals surface area contributed by atoms with Gasteiger partial charge in [-0.25, -0.2) is 0 Å². The van der Waals surface area contributed by atoms with Gasteiger partial charge in [-0.15, -0.1) is 6.58 Å². The number of unbranched alkanes of at least 4 members (excludes halogenated alkanes) is 1. The molecule has 0 fully saturated rings. The summed E-state index contributed by atoms with van der Waals surface area (Å²) < 4.78 is 14.8. The maximum Gasteiger partial charge on any atom is 0.0266 e. The molecular weight excluding hydrogens is 96.1 g/mol. The Hall–Kier alpha value is -0.260. The fourth-order valence-corrected chi connectivity index (χ4v) is 0.548. The van der Waals surface area contributed by atoms with Crippen LogP contribution < -0.4 is 0 Å². The molecule has 0 rings (SSSR count). The van der Waals surface area contributed by atoms with Gasteiger partial charge in [0.25, 0.3) is 0 Å². The minimum atomic E-state index is -0.955. The molecule has 0 bridgehead atoms. The molecule has 8 heavy (non-hydrogen) atoms. The van der Waals surface area contributed by atoms with Crippen LogP contribution in [0.5, 0.6) is 0 Å². The normalized spacial score (nSPS) is 14.6. The van der Waals surface area contributed by atoms with Crippen molar-refractivity contribution in [1.29, 1.82) is 0 Å². The van der Waals surface area contributed by atoms with Gasteiger partial charge in [0.05, 0.1) is 0 Å². The molecule has 0 heteroatoms. The predicted octanol–water partition coefficient (Wildman–Crippen LogP) is 3.14. The Morgan fingerprint density at radius 2 is 2.38 bits per heavy atom. The number of allylic oxidation sites excluding steroid dienone is 1. The lowest BCUT2D eigenvalue weighted by Crippen LogP contribution is -1.71. The van der Waals surface area contributed by atoms with E-state index >= 15 is 0 Å². The molecule has 0 unspecified atom stereocenters. The summed E-state index contributed by atoms with van der Waals surface area (Å²) >= 11 is 0.